The molecule has 3 aromatic carbocycles. The normalized spacial score (nSPS) is 15.9. The zero-order valence-electron chi connectivity index (χ0n) is 22.6. The number of hydrogen-bond acceptors (Lipinski definition) is 6. The minimum atomic E-state index is -0.570. The number of amides is 2. The lowest BCUT2D eigenvalue weighted by atomic mass is 10.1. The number of carbonyl (C=O) groups is 3. The Morgan fingerprint density at radius 2 is 1.65 bits per heavy atom. The fraction of sp³-hybridized carbons (Fsp3) is 0.250. The Kier molecular flexibility index (Phi) is 9.76. The summed E-state index contributed by atoms with van der Waals surface area (Å²) in [4.78, 5) is 40.4. The number of esters is 1. The Morgan fingerprint density at radius 1 is 0.975 bits per heavy atom. The van der Waals surface area contributed by atoms with E-state index in [9.17, 15) is 19.6 Å². The predicted octanol–water partition coefficient (Wildman–Crippen LogP) is 6.27. The molecular formula is C32H31N3O4S. The van der Waals surface area contributed by atoms with Gasteiger partial charge in [-0.15, -0.1) is 0 Å². The highest BCUT2D eigenvalue weighted by atomic mass is 32.2. The number of thioether (sulfide) groups is 1. The number of hydrogen-bond donors (Lipinski definition) is 1. The summed E-state index contributed by atoms with van der Waals surface area (Å²) in [6.07, 6.45) is 3.52. The molecule has 1 atom stereocenters. The second-order valence-electron chi connectivity index (χ2n) is 9.28. The van der Waals surface area contributed by atoms with Gasteiger partial charge in [-0.25, -0.2) is 4.79 Å². The molecule has 1 N–H and O–H groups in total. The van der Waals surface area contributed by atoms with E-state index in [2.05, 4.69) is 12.2 Å². The van der Waals surface area contributed by atoms with Crippen molar-refractivity contribution >= 4 is 40.9 Å². The molecule has 2 amide bonds. The molecule has 8 heteroatoms. The van der Waals surface area contributed by atoms with Crippen molar-refractivity contribution in [1.82, 2.24) is 0 Å². The van der Waals surface area contributed by atoms with E-state index in [1.54, 1.807) is 55.5 Å². The predicted molar refractivity (Wildman–Crippen MR) is 158 cm³/mol. The summed E-state index contributed by atoms with van der Waals surface area (Å²) < 4.78 is 5.04. The summed E-state index contributed by atoms with van der Waals surface area (Å²) in [6, 6.07) is 25.6. The lowest BCUT2D eigenvalue weighted by Crippen LogP contribution is -2.30. The van der Waals surface area contributed by atoms with Crippen LogP contribution >= 0.6 is 11.8 Å². The van der Waals surface area contributed by atoms with Crippen molar-refractivity contribution in [1.29, 1.82) is 5.26 Å². The van der Waals surface area contributed by atoms with Gasteiger partial charge < -0.3 is 10.1 Å². The molecule has 0 spiro atoms. The van der Waals surface area contributed by atoms with Crippen LogP contribution in [0.4, 0.5) is 11.4 Å². The van der Waals surface area contributed by atoms with Gasteiger partial charge in [0.15, 0.2) is 0 Å². The molecule has 0 unspecified atom stereocenters. The van der Waals surface area contributed by atoms with Gasteiger partial charge in [-0.1, -0.05) is 67.6 Å². The number of para-hydroxylation sites is 1. The lowest BCUT2D eigenvalue weighted by Gasteiger charge is -2.18. The van der Waals surface area contributed by atoms with E-state index in [1.807, 2.05) is 36.4 Å². The number of unbranched alkanes of at least 4 members (excludes halogenated alkanes) is 1. The number of aryl methyl sites for hydroxylation is 1. The van der Waals surface area contributed by atoms with E-state index in [1.165, 1.54) is 22.2 Å². The second kappa shape index (κ2) is 13.6. The van der Waals surface area contributed by atoms with Crippen LogP contribution in [0.3, 0.4) is 0 Å². The molecule has 204 valence electrons. The van der Waals surface area contributed by atoms with Crippen molar-refractivity contribution in [3.8, 4) is 6.07 Å². The van der Waals surface area contributed by atoms with Crippen molar-refractivity contribution in [2.75, 3.05) is 16.8 Å². The molecule has 1 fully saturated rings. The first kappa shape index (κ1) is 28.7. The smallest absolute Gasteiger partial charge is 0.338 e. The minimum absolute atomic E-state index is 0.127. The average molecular weight is 554 g/mol. The maximum Gasteiger partial charge on any atom is 0.338 e. The van der Waals surface area contributed by atoms with E-state index in [4.69, 9.17) is 4.74 Å². The SMILES string of the molecule is CCCCc1ccc(NC(=O)/C(C#N)=C2\S[C@@H](Cc3ccc(C(=O)OCC)cc3)C(=O)N2c2ccccc2)cc1. The summed E-state index contributed by atoms with van der Waals surface area (Å²) >= 11 is 1.20. The fourth-order valence-corrected chi connectivity index (χ4v) is 5.64. The van der Waals surface area contributed by atoms with E-state index < -0.39 is 17.1 Å². The molecule has 1 saturated heterocycles. The molecule has 7 nitrogen and oxygen atoms in total. The van der Waals surface area contributed by atoms with Gasteiger partial charge in [-0.3, -0.25) is 14.5 Å². The Morgan fingerprint density at radius 3 is 2.27 bits per heavy atom. The third kappa shape index (κ3) is 6.80. The first-order chi connectivity index (χ1) is 19.4. The van der Waals surface area contributed by atoms with Gasteiger partial charge in [0.25, 0.3) is 5.91 Å². The van der Waals surface area contributed by atoms with Crippen molar-refractivity contribution in [3.05, 3.63) is 106 Å². The molecule has 40 heavy (non-hydrogen) atoms. The number of benzene rings is 3. The first-order valence-electron chi connectivity index (χ1n) is 13.3. The summed E-state index contributed by atoms with van der Waals surface area (Å²) in [6.45, 7) is 4.18. The van der Waals surface area contributed by atoms with Crippen LogP contribution < -0.4 is 10.2 Å². The molecule has 0 radical (unpaired) electrons. The van der Waals surface area contributed by atoms with Crippen molar-refractivity contribution in [2.45, 2.75) is 44.8 Å². The Hall–Kier alpha value is -4.35. The number of nitrogens with one attached hydrogen (secondary N) is 1. The topological polar surface area (TPSA) is 99.5 Å². The zero-order valence-corrected chi connectivity index (χ0v) is 23.4. The standard InChI is InChI=1S/C32H31N3O4S/c1-3-5-9-22-14-18-25(19-15-22)34-29(36)27(21-33)31-35(26-10-7-6-8-11-26)30(37)28(40-31)20-23-12-16-24(17-13-23)32(38)39-4-2/h6-8,10-19,28H,3-5,9,20H2,1-2H3,(H,34,36)/b31-27-/t28-/m0/s1. The molecule has 0 aliphatic carbocycles. The van der Waals surface area contributed by atoms with Gasteiger partial charge in [0.1, 0.15) is 16.7 Å². The van der Waals surface area contributed by atoms with E-state index in [0.29, 0.717) is 28.4 Å². The summed E-state index contributed by atoms with van der Waals surface area (Å²) in [5, 5.41) is 12.6. The van der Waals surface area contributed by atoms with E-state index >= 15 is 0 Å². The second-order valence-corrected chi connectivity index (χ2v) is 10.5. The quantitative estimate of drug-likeness (QED) is 0.180. The Bertz CT molecular complexity index is 1430. The number of nitrogens with zero attached hydrogens (tertiary/aromatic N) is 2. The number of nitriles is 1. The van der Waals surface area contributed by atoms with Crippen LogP contribution in [0.2, 0.25) is 0 Å². The van der Waals surface area contributed by atoms with Crippen molar-refractivity contribution < 1.29 is 19.1 Å². The van der Waals surface area contributed by atoms with Crippen LogP contribution in [0, 0.1) is 11.3 Å². The summed E-state index contributed by atoms with van der Waals surface area (Å²) in [7, 11) is 0. The van der Waals surface area contributed by atoms with Crippen LogP contribution in [-0.2, 0) is 27.2 Å². The van der Waals surface area contributed by atoms with Crippen LogP contribution in [-0.4, -0.2) is 29.6 Å². The monoisotopic (exact) mass is 553 g/mol. The van der Waals surface area contributed by atoms with Gasteiger partial charge >= 0.3 is 5.97 Å². The zero-order chi connectivity index (χ0) is 28.5. The number of carbonyl (C=O) groups excluding carboxylic acids is 3. The van der Waals surface area contributed by atoms with Gasteiger partial charge in [-0.2, -0.15) is 5.26 Å². The molecule has 0 saturated carbocycles. The van der Waals surface area contributed by atoms with Gasteiger partial charge in [0.05, 0.1) is 17.4 Å². The molecule has 4 rings (SSSR count). The first-order valence-corrected chi connectivity index (χ1v) is 14.2. The van der Waals surface area contributed by atoms with Crippen LogP contribution in [0.1, 0.15) is 48.2 Å². The van der Waals surface area contributed by atoms with E-state index in [0.717, 1.165) is 24.8 Å². The Balaban J connectivity index is 1.60. The molecule has 0 aromatic heterocycles. The maximum absolute atomic E-state index is 13.7. The van der Waals surface area contributed by atoms with Gasteiger partial charge in [0, 0.05) is 11.4 Å². The number of anilines is 2. The lowest BCUT2D eigenvalue weighted by molar-refractivity contribution is -0.117. The highest BCUT2D eigenvalue weighted by Gasteiger charge is 2.40. The van der Waals surface area contributed by atoms with Gasteiger partial charge in [0.2, 0.25) is 5.91 Å². The molecule has 0 bridgehead atoms. The summed E-state index contributed by atoms with van der Waals surface area (Å²) in [5.74, 6) is -1.19. The number of ether oxygens (including phenoxy) is 1. The van der Waals surface area contributed by atoms with Crippen molar-refractivity contribution in [3.63, 3.8) is 0 Å². The molecule has 1 heterocycles. The van der Waals surface area contributed by atoms with Crippen LogP contribution in [0.5, 0.6) is 0 Å². The highest BCUT2D eigenvalue weighted by molar-refractivity contribution is 8.05. The average Bonchev–Trinajstić information content (AvgIpc) is 3.28. The minimum Gasteiger partial charge on any atom is -0.462 e. The third-order valence-electron chi connectivity index (χ3n) is 6.44. The third-order valence-corrected chi connectivity index (χ3v) is 7.70. The van der Waals surface area contributed by atoms with Crippen molar-refractivity contribution in [2.24, 2.45) is 0 Å². The largest absolute Gasteiger partial charge is 0.462 e. The molecular weight excluding hydrogens is 522 g/mol. The number of rotatable bonds is 10. The van der Waals surface area contributed by atoms with Gasteiger partial charge in [-0.05, 0) is 73.7 Å². The molecule has 1 aliphatic rings. The van der Waals surface area contributed by atoms with E-state index in [-0.39, 0.29) is 18.1 Å². The molecule has 3 aromatic rings. The maximum atomic E-state index is 13.7. The fourth-order valence-electron chi connectivity index (χ4n) is 4.33. The summed E-state index contributed by atoms with van der Waals surface area (Å²) in [5.41, 5.74) is 3.50. The highest BCUT2D eigenvalue weighted by Crippen LogP contribution is 2.42. The van der Waals surface area contributed by atoms with Crippen LogP contribution in [0.15, 0.2) is 89.5 Å². The van der Waals surface area contributed by atoms with Crippen LogP contribution in [0.25, 0.3) is 0 Å². The Labute approximate surface area is 238 Å². The molecule has 1 aliphatic heterocycles.